The van der Waals surface area contributed by atoms with Gasteiger partial charge in [0.05, 0.1) is 6.04 Å². The van der Waals surface area contributed by atoms with Gasteiger partial charge in [-0.2, -0.15) is 0 Å². The summed E-state index contributed by atoms with van der Waals surface area (Å²) in [6, 6.07) is 11.6. The molecule has 2 aromatic heterocycles. The molecule has 3 nitrogen and oxygen atoms in total. The third kappa shape index (κ3) is 1.69. The number of furan rings is 1. The molecular weight excluding hydrogens is 224 g/mol. The first-order valence-corrected chi connectivity index (χ1v) is 5.91. The molecule has 0 saturated carbocycles. The van der Waals surface area contributed by atoms with E-state index in [0.29, 0.717) is 0 Å². The first-order valence-electron chi connectivity index (χ1n) is 5.91. The van der Waals surface area contributed by atoms with E-state index in [2.05, 4.69) is 11.1 Å². The van der Waals surface area contributed by atoms with E-state index in [4.69, 9.17) is 10.2 Å². The molecule has 1 aromatic carbocycles. The average Bonchev–Trinajstić information content (AvgIpc) is 2.77. The van der Waals surface area contributed by atoms with Crippen LogP contribution >= 0.6 is 0 Å². The zero-order chi connectivity index (χ0) is 12.5. The van der Waals surface area contributed by atoms with Crippen LogP contribution in [0.4, 0.5) is 0 Å². The van der Waals surface area contributed by atoms with Gasteiger partial charge in [-0.3, -0.25) is 4.98 Å². The van der Waals surface area contributed by atoms with E-state index in [1.807, 2.05) is 37.3 Å². The lowest BCUT2D eigenvalue weighted by Gasteiger charge is -2.09. The Labute approximate surface area is 105 Å². The van der Waals surface area contributed by atoms with Gasteiger partial charge in [-0.15, -0.1) is 0 Å². The molecule has 0 fully saturated rings. The summed E-state index contributed by atoms with van der Waals surface area (Å²) < 4.78 is 5.87. The molecule has 0 amide bonds. The smallest absolute Gasteiger partial charge is 0.134 e. The molecule has 3 heteroatoms. The van der Waals surface area contributed by atoms with Crippen LogP contribution in [-0.4, -0.2) is 4.98 Å². The van der Waals surface area contributed by atoms with Crippen LogP contribution in [0.2, 0.25) is 0 Å². The minimum atomic E-state index is -0.250. The Kier molecular flexibility index (Phi) is 2.61. The van der Waals surface area contributed by atoms with Gasteiger partial charge in [0.25, 0.3) is 0 Å². The number of fused-ring (bicyclic) bond motifs is 1. The molecule has 2 heterocycles. The number of aromatic nitrogens is 1. The highest BCUT2D eigenvalue weighted by atomic mass is 16.3. The molecule has 2 N–H and O–H groups in total. The van der Waals surface area contributed by atoms with E-state index in [-0.39, 0.29) is 6.04 Å². The maximum atomic E-state index is 6.26. The van der Waals surface area contributed by atoms with Crippen LogP contribution in [0.15, 0.2) is 53.2 Å². The van der Waals surface area contributed by atoms with Gasteiger partial charge in [0.1, 0.15) is 11.3 Å². The van der Waals surface area contributed by atoms with Crippen LogP contribution in [0.5, 0.6) is 0 Å². The van der Waals surface area contributed by atoms with Gasteiger partial charge in [0, 0.05) is 23.3 Å². The summed E-state index contributed by atoms with van der Waals surface area (Å²) in [5, 5.41) is 1.12. The highest BCUT2D eigenvalue weighted by Crippen LogP contribution is 2.30. The first-order chi connectivity index (χ1) is 8.77. The van der Waals surface area contributed by atoms with Crippen molar-refractivity contribution in [2.45, 2.75) is 13.0 Å². The molecule has 0 spiro atoms. The van der Waals surface area contributed by atoms with Crippen molar-refractivity contribution in [3.63, 3.8) is 0 Å². The third-order valence-corrected chi connectivity index (χ3v) is 3.23. The lowest BCUT2D eigenvalue weighted by Crippen LogP contribution is -2.11. The number of nitrogens with two attached hydrogens (primary N) is 1. The number of rotatable bonds is 2. The minimum absolute atomic E-state index is 0.250. The molecular formula is C15H14N2O. The fourth-order valence-electron chi connectivity index (χ4n) is 2.21. The van der Waals surface area contributed by atoms with Crippen LogP contribution in [0.3, 0.4) is 0 Å². The van der Waals surface area contributed by atoms with Crippen molar-refractivity contribution in [3.05, 3.63) is 65.7 Å². The molecule has 0 aliphatic heterocycles. The lowest BCUT2D eigenvalue weighted by atomic mass is 10.0. The molecule has 3 rings (SSSR count). The Morgan fingerprint density at radius 2 is 1.83 bits per heavy atom. The molecule has 3 aromatic rings. The van der Waals surface area contributed by atoms with Crippen LogP contribution < -0.4 is 5.73 Å². The zero-order valence-corrected chi connectivity index (χ0v) is 10.1. The molecule has 1 unspecified atom stereocenters. The number of aryl methyl sites for hydroxylation is 1. The second-order valence-corrected chi connectivity index (χ2v) is 4.35. The summed E-state index contributed by atoms with van der Waals surface area (Å²) in [4.78, 5) is 4.00. The molecule has 18 heavy (non-hydrogen) atoms. The van der Waals surface area contributed by atoms with Crippen molar-refractivity contribution in [1.82, 2.24) is 4.98 Å². The van der Waals surface area contributed by atoms with Crippen molar-refractivity contribution < 1.29 is 4.42 Å². The number of para-hydroxylation sites is 1. The van der Waals surface area contributed by atoms with Crippen LogP contribution in [0, 0.1) is 6.92 Å². The first kappa shape index (κ1) is 11.0. The molecule has 0 bridgehead atoms. The van der Waals surface area contributed by atoms with Crippen LogP contribution in [0.1, 0.15) is 22.9 Å². The molecule has 0 saturated heterocycles. The van der Waals surface area contributed by atoms with Crippen molar-refractivity contribution in [2.24, 2.45) is 5.73 Å². The summed E-state index contributed by atoms with van der Waals surface area (Å²) in [5.74, 6) is 0.822. The van der Waals surface area contributed by atoms with Gasteiger partial charge in [0.15, 0.2) is 0 Å². The number of pyridine rings is 1. The van der Waals surface area contributed by atoms with Crippen molar-refractivity contribution in [2.75, 3.05) is 0 Å². The van der Waals surface area contributed by atoms with Gasteiger partial charge in [-0.1, -0.05) is 18.2 Å². The standard InChI is InChI=1S/C15H14N2O/c1-10-12-4-2-3-5-13(12)18-15(10)14(16)11-6-8-17-9-7-11/h2-9,14H,16H2,1H3. The quantitative estimate of drug-likeness (QED) is 0.746. The monoisotopic (exact) mass is 238 g/mol. The highest BCUT2D eigenvalue weighted by Gasteiger charge is 2.18. The van der Waals surface area contributed by atoms with E-state index in [9.17, 15) is 0 Å². The average molecular weight is 238 g/mol. The second-order valence-electron chi connectivity index (χ2n) is 4.35. The number of benzene rings is 1. The van der Waals surface area contributed by atoms with Gasteiger partial charge >= 0.3 is 0 Å². The van der Waals surface area contributed by atoms with E-state index in [0.717, 1.165) is 27.9 Å². The Bertz CT molecular complexity index is 673. The van der Waals surface area contributed by atoms with Crippen molar-refractivity contribution >= 4 is 11.0 Å². The van der Waals surface area contributed by atoms with E-state index < -0.39 is 0 Å². The fourth-order valence-corrected chi connectivity index (χ4v) is 2.21. The summed E-state index contributed by atoms with van der Waals surface area (Å²) in [6.07, 6.45) is 3.49. The molecule has 1 atom stereocenters. The summed E-state index contributed by atoms with van der Waals surface area (Å²) in [5.41, 5.74) is 9.26. The van der Waals surface area contributed by atoms with E-state index >= 15 is 0 Å². The maximum Gasteiger partial charge on any atom is 0.134 e. The predicted octanol–water partition coefficient (Wildman–Crippen LogP) is 3.18. The van der Waals surface area contributed by atoms with Gasteiger partial charge < -0.3 is 10.2 Å². The Hall–Kier alpha value is -2.13. The van der Waals surface area contributed by atoms with Crippen LogP contribution in [0.25, 0.3) is 11.0 Å². The molecule has 0 radical (unpaired) electrons. The van der Waals surface area contributed by atoms with Gasteiger partial charge in [-0.05, 0) is 30.7 Å². The van der Waals surface area contributed by atoms with Crippen LogP contribution in [-0.2, 0) is 0 Å². The van der Waals surface area contributed by atoms with Crippen molar-refractivity contribution in [3.8, 4) is 0 Å². The Balaban J connectivity index is 2.12. The third-order valence-electron chi connectivity index (χ3n) is 3.23. The molecule has 90 valence electrons. The number of nitrogens with zero attached hydrogens (tertiary/aromatic N) is 1. The second kappa shape index (κ2) is 4.27. The molecule has 0 aliphatic carbocycles. The topological polar surface area (TPSA) is 52.0 Å². The Morgan fingerprint density at radius 1 is 1.11 bits per heavy atom. The zero-order valence-electron chi connectivity index (χ0n) is 10.1. The fraction of sp³-hybridized carbons (Fsp3) is 0.133. The van der Waals surface area contributed by atoms with Crippen molar-refractivity contribution in [1.29, 1.82) is 0 Å². The SMILES string of the molecule is Cc1c(C(N)c2ccncc2)oc2ccccc12. The molecule has 0 aliphatic rings. The summed E-state index contributed by atoms with van der Waals surface area (Å²) in [7, 11) is 0. The largest absolute Gasteiger partial charge is 0.459 e. The minimum Gasteiger partial charge on any atom is -0.459 e. The number of hydrogen-bond donors (Lipinski definition) is 1. The lowest BCUT2D eigenvalue weighted by molar-refractivity contribution is 0.521. The summed E-state index contributed by atoms with van der Waals surface area (Å²) >= 11 is 0. The van der Waals surface area contributed by atoms with E-state index in [1.54, 1.807) is 12.4 Å². The van der Waals surface area contributed by atoms with E-state index in [1.165, 1.54) is 0 Å². The summed E-state index contributed by atoms with van der Waals surface area (Å²) in [6.45, 7) is 2.04. The van der Waals surface area contributed by atoms with Gasteiger partial charge in [-0.25, -0.2) is 0 Å². The van der Waals surface area contributed by atoms with Gasteiger partial charge in [0.2, 0.25) is 0 Å². The predicted molar refractivity (Wildman–Crippen MR) is 71.2 cm³/mol. The Morgan fingerprint density at radius 3 is 2.56 bits per heavy atom. The number of hydrogen-bond acceptors (Lipinski definition) is 3. The normalized spacial score (nSPS) is 12.8. The maximum absolute atomic E-state index is 6.26. The highest BCUT2D eigenvalue weighted by molar-refractivity contribution is 5.82.